The third-order valence-electron chi connectivity index (χ3n) is 4.54. The number of aromatic nitrogens is 3. The summed E-state index contributed by atoms with van der Waals surface area (Å²) in [5.41, 5.74) is 2.52. The van der Waals surface area contributed by atoms with Crippen molar-refractivity contribution < 1.29 is 13.9 Å². The average molecular weight is 425 g/mol. The molecule has 0 unspecified atom stereocenters. The van der Waals surface area contributed by atoms with Gasteiger partial charge in [0.15, 0.2) is 5.82 Å². The molecule has 2 heterocycles. The van der Waals surface area contributed by atoms with Gasteiger partial charge in [-0.05, 0) is 36.8 Å². The number of nitrogens with zero attached hydrogens (tertiary/aromatic N) is 3. The van der Waals surface area contributed by atoms with Crippen LogP contribution in [0.15, 0.2) is 53.9 Å². The topological polar surface area (TPSA) is 68.5 Å². The first-order chi connectivity index (χ1) is 14.6. The van der Waals surface area contributed by atoms with Gasteiger partial charge in [-0.2, -0.15) is 4.98 Å². The molecule has 0 aliphatic carbocycles. The van der Waals surface area contributed by atoms with Crippen LogP contribution in [0.4, 0.5) is 4.39 Å². The fourth-order valence-electron chi connectivity index (χ4n) is 3.09. The van der Waals surface area contributed by atoms with Crippen molar-refractivity contribution in [3.8, 4) is 17.1 Å². The zero-order chi connectivity index (χ0) is 20.9. The summed E-state index contributed by atoms with van der Waals surface area (Å²) in [7, 11) is 0. The second-order valence-electron chi connectivity index (χ2n) is 6.72. The van der Waals surface area contributed by atoms with E-state index < -0.39 is 0 Å². The third-order valence-corrected chi connectivity index (χ3v) is 5.40. The SMILES string of the molecule is CCOc1ccc(CC(=O)NCCc2csc3nc(-c4cccc(F)c4)nn23)cc1. The second-order valence-corrected chi connectivity index (χ2v) is 7.56. The summed E-state index contributed by atoms with van der Waals surface area (Å²) in [6.45, 7) is 3.05. The lowest BCUT2D eigenvalue weighted by Gasteiger charge is -2.06. The van der Waals surface area contributed by atoms with Crippen LogP contribution < -0.4 is 10.1 Å². The van der Waals surface area contributed by atoms with E-state index in [1.807, 2.05) is 36.6 Å². The lowest BCUT2D eigenvalue weighted by Crippen LogP contribution is -2.27. The zero-order valence-electron chi connectivity index (χ0n) is 16.5. The van der Waals surface area contributed by atoms with E-state index in [9.17, 15) is 9.18 Å². The highest BCUT2D eigenvalue weighted by molar-refractivity contribution is 7.15. The molecular weight excluding hydrogens is 403 g/mol. The maximum absolute atomic E-state index is 13.5. The van der Waals surface area contributed by atoms with E-state index in [1.54, 1.807) is 16.6 Å². The van der Waals surface area contributed by atoms with Gasteiger partial charge in [-0.25, -0.2) is 8.91 Å². The van der Waals surface area contributed by atoms with Gasteiger partial charge in [0, 0.05) is 23.9 Å². The molecule has 0 aliphatic rings. The average Bonchev–Trinajstić information content (AvgIpc) is 3.31. The van der Waals surface area contributed by atoms with Gasteiger partial charge in [0.25, 0.3) is 0 Å². The number of thiazole rings is 1. The molecule has 1 N–H and O–H groups in total. The molecule has 0 radical (unpaired) electrons. The molecule has 30 heavy (non-hydrogen) atoms. The molecule has 0 saturated heterocycles. The summed E-state index contributed by atoms with van der Waals surface area (Å²) in [5, 5.41) is 9.42. The minimum Gasteiger partial charge on any atom is -0.494 e. The van der Waals surface area contributed by atoms with Crippen molar-refractivity contribution in [2.45, 2.75) is 19.8 Å². The number of amides is 1. The maximum Gasteiger partial charge on any atom is 0.224 e. The monoisotopic (exact) mass is 424 g/mol. The van der Waals surface area contributed by atoms with Crippen molar-refractivity contribution >= 4 is 22.2 Å². The summed E-state index contributed by atoms with van der Waals surface area (Å²) in [5.74, 6) is 0.932. The third kappa shape index (κ3) is 4.65. The predicted octanol–water partition coefficient (Wildman–Crippen LogP) is 3.90. The van der Waals surface area contributed by atoms with Gasteiger partial charge in [0.2, 0.25) is 10.9 Å². The molecule has 0 bridgehead atoms. The number of hydrogen-bond acceptors (Lipinski definition) is 5. The van der Waals surface area contributed by atoms with E-state index in [4.69, 9.17) is 4.74 Å². The fraction of sp³-hybridized carbons (Fsp3) is 0.227. The Kier molecular flexibility index (Phi) is 6.04. The summed E-state index contributed by atoms with van der Waals surface area (Å²) in [6.07, 6.45) is 0.944. The molecule has 2 aromatic heterocycles. The van der Waals surface area contributed by atoms with E-state index >= 15 is 0 Å². The molecule has 0 saturated carbocycles. The van der Waals surface area contributed by atoms with E-state index in [0.717, 1.165) is 22.0 Å². The van der Waals surface area contributed by atoms with E-state index in [0.29, 0.717) is 37.4 Å². The molecule has 2 aromatic carbocycles. The van der Waals surface area contributed by atoms with Crippen molar-refractivity contribution in [3.05, 3.63) is 71.0 Å². The molecule has 4 aromatic rings. The number of hydrogen-bond donors (Lipinski definition) is 1. The van der Waals surface area contributed by atoms with Crippen molar-refractivity contribution in [3.63, 3.8) is 0 Å². The number of carbonyl (C=O) groups excluding carboxylic acids is 1. The number of nitrogens with one attached hydrogen (secondary N) is 1. The first kappa shape index (κ1) is 20.0. The maximum atomic E-state index is 13.5. The minimum atomic E-state index is -0.318. The number of ether oxygens (including phenoxy) is 1. The Labute approximate surface area is 177 Å². The Hall–Kier alpha value is -3.26. The van der Waals surface area contributed by atoms with Gasteiger partial charge in [0.1, 0.15) is 11.6 Å². The van der Waals surface area contributed by atoms with Crippen LogP contribution in [0.5, 0.6) is 5.75 Å². The zero-order valence-corrected chi connectivity index (χ0v) is 17.3. The fourth-order valence-corrected chi connectivity index (χ4v) is 3.95. The van der Waals surface area contributed by atoms with Gasteiger partial charge >= 0.3 is 0 Å². The Morgan fingerprint density at radius 2 is 2.07 bits per heavy atom. The number of rotatable bonds is 8. The van der Waals surface area contributed by atoms with Crippen molar-refractivity contribution in [2.24, 2.45) is 0 Å². The highest BCUT2D eigenvalue weighted by atomic mass is 32.1. The van der Waals surface area contributed by atoms with Crippen LogP contribution in [0, 0.1) is 5.82 Å². The lowest BCUT2D eigenvalue weighted by molar-refractivity contribution is -0.120. The number of halogens is 1. The molecule has 8 heteroatoms. The van der Waals surface area contributed by atoms with E-state index in [-0.39, 0.29) is 11.7 Å². The van der Waals surface area contributed by atoms with Crippen LogP contribution in [-0.2, 0) is 17.6 Å². The molecule has 1 amide bonds. The smallest absolute Gasteiger partial charge is 0.224 e. The highest BCUT2D eigenvalue weighted by Gasteiger charge is 2.12. The van der Waals surface area contributed by atoms with Gasteiger partial charge in [-0.3, -0.25) is 4.79 Å². The molecule has 154 valence electrons. The number of benzene rings is 2. The van der Waals surface area contributed by atoms with Crippen LogP contribution >= 0.6 is 11.3 Å². The Balaban J connectivity index is 1.34. The van der Waals surface area contributed by atoms with Crippen molar-refractivity contribution in [2.75, 3.05) is 13.2 Å². The molecular formula is C22H21FN4O2S. The molecule has 0 atom stereocenters. The molecule has 4 rings (SSSR count). The molecule has 0 fully saturated rings. The van der Waals surface area contributed by atoms with Crippen LogP contribution in [0.1, 0.15) is 18.2 Å². The molecule has 0 spiro atoms. The minimum absolute atomic E-state index is 0.0373. The van der Waals surface area contributed by atoms with Crippen molar-refractivity contribution in [1.29, 1.82) is 0 Å². The quantitative estimate of drug-likeness (QED) is 0.466. The number of fused-ring (bicyclic) bond motifs is 1. The van der Waals surface area contributed by atoms with Crippen LogP contribution in [0.3, 0.4) is 0 Å². The van der Waals surface area contributed by atoms with Gasteiger partial charge < -0.3 is 10.1 Å². The lowest BCUT2D eigenvalue weighted by atomic mass is 10.1. The summed E-state index contributed by atoms with van der Waals surface area (Å²) in [4.78, 5) is 17.4. The van der Waals surface area contributed by atoms with Gasteiger partial charge in [-0.15, -0.1) is 16.4 Å². The predicted molar refractivity (Wildman–Crippen MR) is 114 cm³/mol. The van der Waals surface area contributed by atoms with Gasteiger partial charge in [0.05, 0.1) is 18.7 Å². The Morgan fingerprint density at radius 3 is 2.83 bits per heavy atom. The largest absolute Gasteiger partial charge is 0.494 e. The van der Waals surface area contributed by atoms with Gasteiger partial charge in [-0.1, -0.05) is 24.3 Å². The van der Waals surface area contributed by atoms with E-state index in [1.165, 1.54) is 23.5 Å². The van der Waals surface area contributed by atoms with E-state index in [2.05, 4.69) is 15.4 Å². The first-order valence-corrected chi connectivity index (χ1v) is 10.6. The summed E-state index contributed by atoms with van der Waals surface area (Å²) in [6, 6.07) is 13.8. The number of carbonyl (C=O) groups is 1. The summed E-state index contributed by atoms with van der Waals surface area (Å²) < 4.78 is 20.6. The van der Waals surface area contributed by atoms with Crippen molar-refractivity contribution in [1.82, 2.24) is 19.9 Å². The van der Waals surface area contributed by atoms with Crippen LogP contribution in [-0.4, -0.2) is 33.7 Å². The highest BCUT2D eigenvalue weighted by Crippen LogP contribution is 2.21. The molecule has 0 aliphatic heterocycles. The standard InChI is InChI=1S/C22H21FN4O2S/c1-2-29-19-8-6-15(7-9-19)12-20(28)24-11-10-18-14-30-22-25-21(26-27(18)22)16-4-3-5-17(23)13-16/h3-9,13-14H,2,10-12H2,1H3,(H,24,28). The van der Waals surface area contributed by atoms with Crippen LogP contribution in [0.25, 0.3) is 16.3 Å². The molecule has 6 nitrogen and oxygen atoms in total. The Morgan fingerprint density at radius 1 is 1.23 bits per heavy atom. The first-order valence-electron chi connectivity index (χ1n) is 9.70. The Bertz CT molecular complexity index is 1150. The van der Waals surface area contributed by atoms with Crippen LogP contribution in [0.2, 0.25) is 0 Å². The summed E-state index contributed by atoms with van der Waals surface area (Å²) >= 11 is 1.47. The normalized spacial score (nSPS) is 11.0. The second kappa shape index (κ2) is 9.04.